The van der Waals surface area contributed by atoms with E-state index >= 15 is 4.39 Å². The van der Waals surface area contributed by atoms with Gasteiger partial charge in [0, 0.05) is 45.4 Å². The molecule has 55 heavy (non-hydrogen) atoms. The number of benzene rings is 2. The largest absolute Gasteiger partial charge is 0.798 e. The Kier molecular flexibility index (Phi) is 10.3. The van der Waals surface area contributed by atoms with Gasteiger partial charge in [-0.3, -0.25) is 9.59 Å². The van der Waals surface area contributed by atoms with E-state index in [4.69, 9.17) is 19.9 Å². The van der Waals surface area contributed by atoms with Crippen molar-refractivity contribution < 1.29 is 64.1 Å². The Bertz CT molecular complexity index is 2360. The molecule has 3 heterocycles. The molecule has 3 fully saturated rings. The van der Waals surface area contributed by atoms with Crippen LogP contribution in [0.2, 0.25) is 0 Å². The zero-order chi connectivity index (χ0) is 40.4. The van der Waals surface area contributed by atoms with Gasteiger partial charge in [0.05, 0.1) is 59.8 Å². The number of carbonyl (C=O) groups is 2. The lowest BCUT2D eigenvalue weighted by molar-refractivity contribution is 0.0682. The van der Waals surface area contributed by atoms with E-state index in [9.17, 15) is 50.5 Å². The first-order valence-corrected chi connectivity index (χ1v) is 16.5. The van der Waals surface area contributed by atoms with Crippen LogP contribution in [0.15, 0.2) is 34.1 Å². The van der Waals surface area contributed by atoms with Gasteiger partial charge in [0.25, 0.3) is 0 Å². The summed E-state index contributed by atoms with van der Waals surface area (Å²) in [5.41, 5.74) is 2.10. The molecule has 1 aliphatic heterocycles. The lowest BCUT2D eigenvalue weighted by atomic mass is 10.0. The number of hydrogen-bond donors (Lipinski definition) is 2. The number of alkyl halides is 2. The van der Waals surface area contributed by atoms with Crippen molar-refractivity contribution in [2.24, 2.45) is 5.73 Å². The monoisotopic (exact) mass is 784 g/mol. The summed E-state index contributed by atoms with van der Waals surface area (Å²) >= 11 is 0. The number of methoxy groups -OCH3 is 3. The van der Waals surface area contributed by atoms with Crippen molar-refractivity contribution in [2.45, 2.75) is 55.8 Å². The Morgan fingerprint density at radius 2 is 1.36 bits per heavy atom. The maximum atomic E-state index is 15.3. The Morgan fingerprint density at radius 3 is 1.82 bits per heavy atom. The molecule has 2 saturated carbocycles. The highest BCUT2D eigenvalue weighted by molar-refractivity contribution is 6.38. The molecule has 294 valence electrons. The number of halogens is 7. The summed E-state index contributed by atoms with van der Waals surface area (Å²) in [4.78, 5) is 50.0. The zero-order valence-electron chi connectivity index (χ0n) is 29.4. The van der Waals surface area contributed by atoms with Crippen LogP contribution in [0.25, 0.3) is 21.8 Å². The summed E-state index contributed by atoms with van der Waals surface area (Å²) in [6, 6.07) is -0.0356. The van der Waals surface area contributed by atoms with Crippen LogP contribution in [0, 0.1) is 17.5 Å². The fourth-order valence-electron chi connectivity index (χ4n) is 6.89. The van der Waals surface area contributed by atoms with Gasteiger partial charge in [-0.2, -0.15) is 4.39 Å². The number of pyridine rings is 2. The third kappa shape index (κ3) is 6.94. The SMILES string of the molecule is COc1c(F)c(F)cc2c(=O)c(C(=O)OB(F)F)cn(C3C[C@@H]3F)c12.COc1c(N2CC(OC)C(C)(N)C2)c(F)cc2c(=O)c(C(=O)O)cn(C3C[C@@H]3F)c12. The fraction of sp³-hybridized carbons (Fsp3) is 0.412. The first-order valence-electron chi connectivity index (χ1n) is 16.5. The summed E-state index contributed by atoms with van der Waals surface area (Å²) in [5, 5.41) is 8.70. The van der Waals surface area contributed by atoms with E-state index in [1.807, 2.05) is 0 Å². The molecular weight excluding hydrogens is 752 g/mol. The lowest BCUT2D eigenvalue weighted by Crippen LogP contribution is -2.48. The number of anilines is 1. The number of fused-ring (bicyclic) bond motifs is 2. The van der Waals surface area contributed by atoms with Crippen molar-refractivity contribution >= 4 is 46.9 Å². The third-order valence-corrected chi connectivity index (χ3v) is 9.75. The Labute approximate surface area is 306 Å². The highest BCUT2D eigenvalue weighted by Gasteiger charge is 2.45. The molecule has 7 rings (SSSR count). The van der Waals surface area contributed by atoms with Crippen LogP contribution in [0.3, 0.4) is 0 Å². The van der Waals surface area contributed by atoms with Gasteiger partial charge < -0.3 is 43.7 Å². The molecule has 1 saturated heterocycles. The number of ether oxygens (including phenoxy) is 3. The number of carboxylic acids is 1. The minimum Gasteiger partial charge on any atom is -0.492 e. The molecule has 0 amide bonds. The Morgan fingerprint density at radius 1 is 0.873 bits per heavy atom. The second-order valence-corrected chi connectivity index (χ2v) is 13.5. The number of nitrogens with two attached hydrogens (primary N) is 1. The quantitative estimate of drug-likeness (QED) is 0.183. The van der Waals surface area contributed by atoms with E-state index < -0.39 is 99.9 Å². The van der Waals surface area contributed by atoms with Crippen LogP contribution in [0.5, 0.6) is 11.5 Å². The molecule has 2 aromatic carbocycles. The average molecular weight is 784 g/mol. The number of nitrogens with zero attached hydrogens (tertiary/aromatic N) is 3. The van der Waals surface area contributed by atoms with Crippen LogP contribution in [-0.2, 0) is 9.39 Å². The van der Waals surface area contributed by atoms with Gasteiger partial charge in [0.1, 0.15) is 29.2 Å². The smallest absolute Gasteiger partial charge is 0.492 e. The lowest BCUT2D eigenvalue weighted by Gasteiger charge is -2.25. The van der Waals surface area contributed by atoms with Crippen LogP contribution in [0.1, 0.15) is 52.6 Å². The van der Waals surface area contributed by atoms with Crippen molar-refractivity contribution in [1.29, 1.82) is 0 Å². The predicted octanol–water partition coefficient (Wildman–Crippen LogP) is 4.33. The zero-order valence-corrected chi connectivity index (χ0v) is 29.4. The second kappa shape index (κ2) is 14.4. The van der Waals surface area contributed by atoms with Gasteiger partial charge in [-0.15, -0.1) is 0 Å². The van der Waals surface area contributed by atoms with E-state index in [0.717, 1.165) is 30.1 Å². The molecule has 21 heteroatoms. The normalized spacial score (nSPS) is 24.0. The van der Waals surface area contributed by atoms with Gasteiger partial charge in [-0.25, -0.2) is 35.8 Å². The minimum absolute atomic E-state index is 0.0105. The summed E-state index contributed by atoms with van der Waals surface area (Å²) in [6.45, 7) is 2.34. The molecule has 3 N–H and O–H groups in total. The van der Waals surface area contributed by atoms with Crippen LogP contribution in [-0.4, -0.2) is 92.1 Å². The van der Waals surface area contributed by atoms with Gasteiger partial charge in [-0.05, 0) is 19.1 Å². The molecule has 13 nitrogen and oxygen atoms in total. The molecule has 4 aromatic rings. The van der Waals surface area contributed by atoms with Gasteiger partial charge in [-0.1, -0.05) is 0 Å². The number of carboxylic acid groups (broad SMARTS) is 1. The van der Waals surface area contributed by atoms with Gasteiger partial charge in [0.15, 0.2) is 23.1 Å². The van der Waals surface area contributed by atoms with E-state index in [0.29, 0.717) is 6.07 Å². The van der Waals surface area contributed by atoms with E-state index in [2.05, 4.69) is 4.65 Å². The highest BCUT2D eigenvalue weighted by atomic mass is 19.2. The van der Waals surface area contributed by atoms with Gasteiger partial charge in [0.2, 0.25) is 16.7 Å². The molecule has 0 spiro atoms. The third-order valence-electron chi connectivity index (χ3n) is 9.75. The first kappa shape index (κ1) is 39.4. The molecular formula is C34H32BF7N4O9. The van der Waals surface area contributed by atoms with E-state index in [1.165, 1.54) is 18.8 Å². The molecule has 4 unspecified atom stereocenters. The Balaban J connectivity index is 0.000000190. The number of aromatic carboxylic acids is 1. The number of carbonyl (C=O) groups excluding carboxylic acids is 1. The molecule has 3 aliphatic rings. The van der Waals surface area contributed by atoms with Crippen LogP contribution < -0.4 is 31.0 Å². The summed E-state index contributed by atoms with van der Waals surface area (Å²) in [5.74, 6) is -7.34. The molecule has 0 bridgehead atoms. The molecule has 2 aliphatic carbocycles. The summed E-state index contributed by atoms with van der Waals surface area (Å²) in [7, 11) is 0.381. The number of aromatic nitrogens is 2. The van der Waals surface area contributed by atoms with E-state index in [-0.39, 0.29) is 59.9 Å². The maximum Gasteiger partial charge on any atom is 0.798 e. The summed E-state index contributed by atoms with van der Waals surface area (Å²) in [6.07, 6.45) is -0.856. The van der Waals surface area contributed by atoms with Crippen molar-refractivity contribution in [1.82, 2.24) is 9.13 Å². The Hall–Kier alpha value is -5.31. The minimum atomic E-state index is -3.48. The van der Waals surface area contributed by atoms with Crippen molar-refractivity contribution in [3.63, 3.8) is 0 Å². The van der Waals surface area contributed by atoms with Gasteiger partial charge >= 0.3 is 19.4 Å². The van der Waals surface area contributed by atoms with Crippen molar-refractivity contribution in [2.75, 3.05) is 39.3 Å². The van der Waals surface area contributed by atoms with Crippen LogP contribution >= 0.6 is 0 Å². The second-order valence-electron chi connectivity index (χ2n) is 13.5. The maximum absolute atomic E-state index is 15.3. The molecule has 2 aromatic heterocycles. The highest BCUT2D eigenvalue weighted by Crippen LogP contribution is 2.46. The van der Waals surface area contributed by atoms with Crippen molar-refractivity contribution in [3.8, 4) is 11.5 Å². The average Bonchev–Trinajstić information content (AvgIpc) is 4.01. The number of hydrogen-bond acceptors (Lipinski definition) is 10. The van der Waals surface area contributed by atoms with Crippen molar-refractivity contribution in [3.05, 3.63) is 73.6 Å². The van der Waals surface area contributed by atoms with Crippen LogP contribution in [0.4, 0.5) is 36.3 Å². The number of rotatable bonds is 9. The van der Waals surface area contributed by atoms with E-state index in [1.54, 1.807) is 11.8 Å². The topological polar surface area (TPSA) is 165 Å². The predicted molar refractivity (Wildman–Crippen MR) is 182 cm³/mol. The first-order chi connectivity index (χ1) is 25.9. The standard InChI is InChI=1S/C20H23F2N3O5.C14H9BF5NO4/c1-20(23)8-24(7-14(20)29-2)16-12(22)4-9-15(18(16)30-3)25(13-5-11(13)21)6-10(17(9)26)19(27)28;1-24-13-10(18)8(17)2-5-11(13)21(9-3-7(9)16)4-6(12(5)22)14(23)25-15(19)20/h4,6,11,13-14H,5,7-8,23H2,1-3H3,(H,27,28);2,4,7,9H,3H2,1H3/t11-,13?,14?,20?;7-,9?/m00/s1. The summed E-state index contributed by atoms with van der Waals surface area (Å²) < 4.78 is 117. The molecule has 6 atom stereocenters. The fourth-order valence-corrected chi connectivity index (χ4v) is 6.89. The molecule has 0 radical (unpaired) electrons.